The Hall–Kier alpha value is -9.16. The zero-order valence-corrected chi connectivity index (χ0v) is 48.7. The van der Waals surface area contributed by atoms with E-state index in [0.29, 0.717) is 70.1 Å². The number of primary amides is 2. The quantitative estimate of drug-likeness (QED) is 0.0159. The number of carbonyl (C=O) groups is 9. The van der Waals surface area contributed by atoms with E-state index >= 15 is 0 Å². The average Bonchev–Trinajstić information content (AvgIpc) is 4.01. The fourth-order valence-corrected chi connectivity index (χ4v) is 10.3. The molecule has 2 aromatic carbocycles. The van der Waals surface area contributed by atoms with E-state index in [0.717, 1.165) is 22.2 Å². The molecule has 5 heterocycles. The van der Waals surface area contributed by atoms with Crippen LogP contribution in [0.4, 0.5) is 11.9 Å². The molecule has 29 nitrogen and oxygen atoms in total. The summed E-state index contributed by atoms with van der Waals surface area (Å²) in [4.78, 5) is 124. The van der Waals surface area contributed by atoms with E-state index in [4.69, 9.17) is 45.5 Å². The number of methoxy groups -OCH3 is 2. The maximum Gasteiger partial charge on any atom is 0.321 e. The number of thioether (sulfide) groups is 1. The van der Waals surface area contributed by atoms with Crippen LogP contribution in [0.3, 0.4) is 0 Å². The number of carboxylic acid groups (broad SMARTS) is 1. The molecule has 0 saturated carbocycles. The summed E-state index contributed by atoms with van der Waals surface area (Å²) in [5.74, 6) is -3.91. The zero-order chi connectivity index (χ0) is 61.5. The molecule has 7 rings (SSSR count). The number of aryl methyl sites for hydroxylation is 5. The van der Waals surface area contributed by atoms with Crippen LogP contribution >= 0.6 is 11.8 Å². The van der Waals surface area contributed by atoms with Crippen LogP contribution in [0, 0.1) is 20.8 Å². The van der Waals surface area contributed by atoms with Gasteiger partial charge in [-0.2, -0.15) is 10.2 Å². The van der Waals surface area contributed by atoms with Gasteiger partial charge >= 0.3 is 5.97 Å². The summed E-state index contributed by atoms with van der Waals surface area (Å²) in [6.45, 7) is 10.3. The average molecular weight is 1180 g/mol. The number of imidazole rings is 2. The molecule has 0 bridgehead atoms. The van der Waals surface area contributed by atoms with E-state index in [1.807, 2.05) is 45.1 Å². The normalized spacial score (nSPS) is 13.9. The number of nitrogens with zero attached hydrogens (tertiary/aromatic N) is 10. The first kappa shape index (κ1) is 64.0. The van der Waals surface area contributed by atoms with Crippen molar-refractivity contribution in [2.75, 3.05) is 64.0 Å². The minimum absolute atomic E-state index is 0.0703. The number of imide groups is 1. The van der Waals surface area contributed by atoms with Gasteiger partial charge in [0.05, 0.1) is 48.0 Å². The second kappa shape index (κ2) is 29.2. The van der Waals surface area contributed by atoms with Crippen molar-refractivity contribution in [2.24, 2.45) is 17.2 Å². The molecule has 1 aliphatic heterocycles. The van der Waals surface area contributed by atoms with E-state index < -0.39 is 64.7 Å². The molecule has 2 unspecified atom stereocenters. The monoisotopic (exact) mass is 1180 g/mol. The third-order valence-corrected chi connectivity index (χ3v) is 14.4. The van der Waals surface area contributed by atoms with Crippen LogP contribution in [0.1, 0.15) is 81.4 Å². The Morgan fingerprint density at radius 3 is 1.94 bits per heavy atom. The number of benzene rings is 2. The topological polar surface area (TPSA) is 393 Å². The Kier molecular flexibility index (Phi) is 22.2. The number of anilines is 2. The zero-order valence-electron chi connectivity index (χ0n) is 47.9. The Morgan fingerprint density at radius 1 is 0.857 bits per heavy atom. The van der Waals surface area contributed by atoms with Crippen molar-refractivity contribution in [1.29, 1.82) is 0 Å². The van der Waals surface area contributed by atoms with Gasteiger partial charge in [-0.15, -0.1) is 11.8 Å². The van der Waals surface area contributed by atoms with Gasteiger partial charge in [0.25, 0.3) is 11.8 Å². The lowest BCUT2D eigenvalue weighted by molar-refractivity contribution is -0.140. The van der Waals surface area contributed by atoms with Crippen molar-refractivity contribution in [1.82, 2.24) is 53.8 Å². The molecule has 0 aliphatic carbocycles. The van der Waals surface area contributed by atoms with E-state index in [2.05, 4.69) is 31.9 Å². The van der Waals surface area contributed by atoms with Crippen molar-refractivity contribution in [3.8, 4) is 11.5 Å². The summed E-state index contributed by atoms with van der Waals surface area (Å²) in [6, 6.07) is 7.78. The van der Waals surface area contributed by atoms with Gasteiger partial charge in [0.1, 0.15) is 46.0 Å². The molecule has 3 atom stereocenters. The van der Waals surface area contributed by atoms with E-state index in [9.17, 15) is 38.4 Å². The minimum Gasteiger partial charge on any atom is -0.494 e. The number of allylic oxidation sites excluding steroid dienone is 2. The third-order valence-electron chi connectivity index (χ3n) is 13.1. The molecule has 0 radical (unpaired) electrons. The van der Waals surface area contributed by atoms with Crippen molar-refractivity contribution in [3.05, 3.63) is 82.5 Å². The number of likely N-dealkylation sites (tertiary alicyclic amines) is 1. The van der Waals surface area contributed by atoms with Gasteiger partial charge in [0.2, 0.25) is 47.8 Å². The van der Waals surface area contributed by atoms with Gasteiger partial charge in [-0.25, -0.2) is 9.97 Å². The first-order valence-corrected chi connectivity index (χ1v) is 27.6. The Bertz CT molecular complexity index is 3470. The molecule has 1 aliphatic rings. The number of hydrogen-bond donors (Lipinski definition) is 7. The number of amides is 8. The van der Waals surface area contributed by atoms with E-state index in [1.165, 1.54) is 31.3 Å². The summed E-state index contributed by atoms with van der Waals surface area (Å²) in [7, 11) is 4.40. The molecule has 1 saturated heterocycles. The van der Waals surface area contributed by atoms with Crippen molar-refractivity contribution >= 4 is 99.5 Å². The standard InChI is InChI=1S/C53H67N15O12S.CH3NO/c1-9-67-37(22-30(4)61-67)47(72)59-52-57-34-20-29(3)21-40(80-19-13-15-63(6)49(74)36(27-78-7)56-42(69)14-18-64-43(70)26-41(50(64)75)81-28-33(54)51(76)77)45(34)66(52)17-12-11-16-65-44-35(24-32(46(55)71)25-39(44)79-8)58-53(65)60-48(73)38-23-31(5)62-68(38)10-2;2-1-3/h11-12,20-25,33,36,41H,9-10,13-19,26-28,54H2,1-8H3,(H2,55,71)(H,56,69)(H,76,77)(H,57,59,72)(H,58,60,73);1H,(H2,2,3)/b12-11+;/t33-,36?,41?;/m0./s1. The first-order chi connectivity index (χ1) is 40.1. The molecule has 4 aromatic heterocycles. The highest BCUT2D eigenvalue weighted by atomic mass is 32.2. The van der Waals surface area contributed by atoms with Crippen LogP contribution in [0.25, 0.3) is 22.1 Å². The predicted octanol–water partition coefficient (Wildman–Crippen LogP) is 1.74. The third kappa shape index (κ3) is 15.5. The number of ether oxygens (including phenoxy) is 3. The molecule has 10 N–H and O–H groups in total. The van der Waals surface area contributed by atoms with Crippen molar-refractivity contribution in [3.63, 3.8) is 0 Å². The molecule has 30 heteroatoms. The number of aromatic nitrogens is 8. The number of rotatable bonds is 28. The van der Waals surface area contributed by atoms with Gasteiger partial charge in [0, 0.05) is 77.6 Å². The SMILES string of the molecule is CCn1nc(C)cc1C(=O)Nc1nc2cc(C(N)=O)cc(OC)c2n1C/C=C/Cn1c(NC(=O)c2cc(C)nn2CC)nc2cc(C)cc(OCCCN(C)C(=O)C(COC)NC(=O)CCN3C(=O)CC(SC[C@H](N)C(=O)O)C3=O)c21.NC=O. The van der Waals surface area contributed by atoms with Crippen LogP contribution < -0.4 is 42.6 Å². The molecular formula is C54H70N16O13S. The molecule has 6 aromatic rings. The lowest BCUT2D eigenvalue weighted by Crippen LogP contribution is -2.50. The number of carbonyl (C=O) groups excluding carboxylic acids is 8. The van der Waals surface area contributed by atoms with Crippen molar-refractivity contribution in [2.45, 2.75) is 97.4 Å². The summed E-state index contributed by atoms with van der Waals surface area (Å²) in [6.07, 6.45) is 3.83. The van der Waals surface area contributed by atoms with Gasteiger partial charge in [-0.3, -0.25) is 68.0 Å². The highest BCUT2D eigenvalue weighted by Gasteiger charge is 2.39. The highest BCUT2D eigenvalue weighted by Crippen LogP contribution is 2.33. The fraction of sp³-hybridized carbons (Fsp3) is 0.426. The second-order valence-electron chi connectivity index (χ2n) is 19.3. The summed E-state index contributed by atoms with van der Waals surface area (Å²) in [5, 5.41) is 25.7. The molecule has 84 heavy (non-hydrogen) atoms. The maximum absolute atomic E-state index is 14.0. The molecule has 0 spiro atoms. The maximum atomic E-state index is 14.0. The summed E-state index contributed by atoms with van der Waals surface area (Å²) < 4.78 is 24.1. The van der Waals surface area contributed by atoms with Crippen LogP contribution in [-0.4, -0.2) is 178 Å². The lowest BCUT2D eigenvalue weighted by Gasteiger charge is -2.24. The summed E-state index contributed by atoms with van der Waals surface area (Å²) >= 11 is 0.972. The fourth-order valence-electron chi connectivity index (χ4n) is 9.17. The number of nitrogens with one attached hydrogen (secondary N) is 3. The van der Waals surface area contributed by atoms with Gasteiger partial charge in [0.15, 0.2) is 0 Å². The number of fused-ring (bicyclic) bond motifs is 2. The van der Waals surface area contributed by atoms with Crippen molar-refractivity contribution < 1.29 is 62.5 Å². The number of aliphatic carboxylic acids is 1. The van der Waals surface area contributed by atoms with Crippen LogP contribution in [-0.2, 0) is 59.7 Å². The number of hydrogen-bond acceptors (Lipinski definition) is 18. The van der Waals surface area contributed by atoms with Gasteiger partial charge < -0.3 is 55.9 Å². The van der Waals surface area contributed by atoms with E-state index in [-0.39, 0.29) is 87.6 Å². The second-order valence-corrected chi connectivity index (χ2v) is 20.5. The highest BCUT2D eigenvalue weighted by molar-refractivity contribution is 8.00. The first-order valence-electron chi connectivity index (χ1n) is 26.6. The van der Waals surface area contributed by atoms with Crippen LogP contribution in [0.15, 0.2) is 48.6 Å². The minimum atomic E-state index is -1.23. The Morgan fingerprint density at radius 2 is 1.42 bits per heavy atom. The predicted molar refractivity (Wildman–Crippen MR) is 309 cm³/mol. The molecule has 450 valence electrons. The molecular weight excluding hydrogens is 1110 g/mol. The van der Waals surface area contributed by atoms with Gasteiger partial charge in [-0.1, -0.05) is 12.2 Å². The van der Waals surface area contributed by atoms with Gasteiger partial charge in [-0.05, 0) is 83.0 Å². The smallest absolute Gasteiger partial charge is 0.321 e. The number of nitrogens with two attached hydrogens (primary N) is 3. The van der Waals surface area contributed by atoms with Crippen LogP contribution in [0.2, 0.25) is 0 Å². The number of likely N-dealkylation sites (N-methyl/N-ethyl adjacent to an activating group) is 1. The largest absolute Gasteiger partial charge is 0.494 e. The molecule has 1 fully saturated rings. The van der Waals surface area contributed by atoms with Crippen LogP contribution in [0.5, 0.6) is 11.5 Å². The Labute approximate surface area is 486 Å². The van der Waals surface area contributed by atoms with E-state index in [1.54, 1.807) is 51.5 Å². The lowest BCUT2D eigenvalue weighted by atomic mass is 10.1. The Balaban J connectivity index is 0.00000369. The summed E-state index contributed by atoms with van der Waals surface area (Å²) in [5.41, 5.74) is 20.2. The number of carboxylic acids is 1. The molecule has 8 amide bonds.